The van der Waals surface area contributed by atoms with Crippen LogP contribution in [0.1, 0.15) is 24.3 Å². The summed E-state index contributed by atoms with van der Waals surface area (Å²) >= 11 is 0. The van der Waals surface area contributed by atoms with Crippen LogP contribution in [0.3, 0.4) is 0 Å². The molecule has 0 spiro atoms. The lowest BCUT2D eigenvalue weighted by Gasteiger charge is -2.31. The van der Waals surface area contributed by atoms with Crippen molar-refractivity contribution in [2.24, 2.45) is 5.73 Å². The Morgan fingerprint density at radius 2 is 2.15 bits per heavy atom. The zero-order chi connectivity index (χ0) is 18.8. The van der Waals surface area contributed by atoms with Crippen molar-refractivity contribution >= 4 is 16.8 Å². The Kier molecular flexibility index (Phi) is 4.85. The van der Waals surface area contributed by atoms with Gasteiger partial charge in [-0.05, 0) is 38.0 Å². The lowest BCUT2D eigenvalue weighted by Crippen LogP contribution is -2.37. The summed E-state index contributed by atoms with van der Waals surface area (Å²) in [4.78, 5) is 13.6. The lowest BCUT2D eigenvalue weighted by molar-refractivity contribution is -0.118. The van der Waals surface area contributed by atoms with E-state index in [9.17, 15) is 4.79 Å². The number of benzene rings is 1. The molecule has 1 aliphatic heterocycles. The van der Waals surface area contributed by atoms with Crippen LogP contribution in [0.2, 0.25) is 0 Å². The molecule has 1 aromatic carbocycles. The van der Waals surface area contributed by atoms with E-state index in [1.54, 1.807) is 0 Å². The highest BCUT2D eigenvalue weighted by molar-refractivity contribution is 5.87. The number of nitrogens with two attached hydrogens (primary N) is 1. The molecule has 3 aromatic rings. The van der Waals surface area contributed by atoms with E-state index in [1.807, 2.05) is 48.0 Å². The van der Waals surface area contributed by atoms with Crippen molar-refractivity contribution in [3.8, 4) is 5.75 Å². The van der Waals surface area contributed by atoms with Crippen LogP contribution in [0.4, 0.5) is 0 Å². The zero-order valence-electron chi connectivity index (χ0n) is 15.4. The van der Waals surface area contributed by atoms with Crippen molar-refractivity contribution < 1.29 is 14.1 Å². The van der Waals surface area contributed by atoms with Crippen molar-refractivity contribution in [1.29, 1.82) is 0 Å². The summed E-state index contributed by atoms with van der Waals surface area (Å²) in [5.41, 5.74) is 7.20. The monoisotopic (exact) mass is 368 g/mol. The van der Waals surface area contributed by atoms with Crippen LogP contribution in [-0.2, 0) is 17.9 Å². The molecule has 7 nitrogen and oxygen atoms in total. The van der Waals surface area contributed by atoms with E-state index < -0.39 is 0 Å². The smallest absolute Gasteiger partial charge is 0.237 e. The molecule has 0 bridgehead atoms. The Morgan fingerprint density at radius 3 is 2.85 bits per heavy atom. The second-order valence-corrected chi connectivity index (χ2v) is 7.13. The summed E-state index contributed by atoms with van der Waals surface area (Å²) in [5, 5.41) is 4.96. The molecule has 1 fully saturated rings. The number of piperidine rings is 1. The van der Waals surface area contributed by atoms with Gasteiger partial charge in [0.15, 0.2) is 5.76 Å². The number of likely N-dealkylation sites (tertiary alicyclic amines) is 1. The summed E-state index contributed by atoms with van der Waals surface area (Å²) in [7, 11) is 0. The molecule has 1 aliphatic rings. The molecule has 0 radical (unpaired) electrons. The topological polar surface area (TPSA) is 86.5 Å². The number of aromatic nitrogens is 2. The summed E-state index contributed by atoms with van der Waals surface area (Å²) in [6.07, 6.45) is 3.99. The first kappa shape index (κ1) is 17.6. The molecular weight excluding hydrogens is 344 g/mol. The Bertz CT molecular complexity index is 938. The molecule has 27 heavy (non-hydrogen) atoms. The molecule has 7 heteroatoms. The first-order chi connectivity index (χ1) is 13.1. The molecule has 0 aliphatic carbocycles. The molecule has 2 aromatic heterocycles. The fourth-order valence-corrected chi connectivity index (χ4v) is 3.68. The number of carbonyl (C=O) groups excluding carboxylic acids is 1. The van der Waals surface area contributed by atoms with Gasteiger partial charge in [0, 0.05) is 30.7 Å². The number of amides is 1. The predicted molar refractivity (Wildman–Crippen MR) is 101 cm³/mol. The Labute approximate surface area is 157 Å². The third kappa shape index (κ3) is 3.98. The van der Waals surface area contributed by atoms with Crippen LogP contribution in [0.25, 0.3) is 10.9 Å². The van der Waals surface area contributed by atoms with E-state index in [2.05, 4.69) is 10.1 Å². The van der Waals surface area contributed by atoms with E-state index in [0.717, 1.165) is 60.6 Å². The zero-order valence-corrected chi connectivity index (χ0v) is 15.4. The van der Waals surface area contributed by atoms with Crippen LogP contribution < -0.4 is 10.5 Å². The summed E-state index contributed by atoms with van der Waals surface area (Å²) in [6.45, 7) is 4.82. The third-order valence-corrected chi connectivity index (χ3v) is 4.98. The van der Waals surface area contributed by atoms with E-state index in [0.29, 0.717) is 0 Å². The minimum atomic E-state index is -0.354. The quantitative estimate of drug-likeness (QED) is 0.722. The maximum Gasteiger partial charge on any atom is 0.237 e. The van der Waals surface area contributed by atoms with Crippen molar-refractivity contribution in [1.82, 2.24) is 14.6 Å². The van der Waals surface area contributed by atoms with Crippen molar-refractivity contribution in [3.05, 3.63) is 48.0 Å². The van der Waals surface area contributed by atoms with E-state index >= 15 is 0 Å². The van der Waals surface area contributed by atoms with Gasteiger partial charge in [-0.1, -0.05) is 11.2 Å². The second-order valence-electron chi connectivity index (χ2n) is 7.13. The molecule has 0 saturated carbocycles. The minimum Gasteiger partial charge on any atom is -0.490 e. The van der Waals surface area contributed by atoms with Gasteiger partial charge in [-0.3, -0.25) is 9.69 Å². The number of primary amides is 1. The van der Waals surface area contributed by atoms with Gasteiger partial charge in [0.25, 0.3) is 0 Å². The van der Waals surface area contributed by atoms with E-state index in [1.165, 1.54) is 0 Å². The van der Waals surface area contributed by atoms with Gasteiger partial charge in [0.05, 0.1) is 17.8 Å². The number of fused-ring (bicyclic) bond motifs is 1. The molecule has 4 rings (SSSR count). The molecule has 0 unspecified atom stereocenters. The standard InChI is InChI=1S/C20H24N4O3/c1-14-11-16(27-22-14)12-23-8-5-15(6-9-23)26-19-4-2-3-18-17(19)7-10-24(18)13-20(21)25/h2-4,7,10-11,15H,5-6,8-9,12-13H2,1H3,(H2,21,25). The van der Waals surface area contributed by atoms with Gasteiger partial charge in [-0.25, -0.2) is 0 Å². The maximum atomic E-state index is 11.2. The van der Waals surface area contributed by atoms with E-state index in [4.69, 9.17) is 15.0 Å². The van der Waals surface area contributed by atoms with Crippen LogP contribution in [-0.4, -0.2) is 39.7 Å². The SMILES string of the molecule is Cc1cc(CN2CCC(Oc3cccc4c3ccn4CC(N)=O)CC2)on1. The fourth-order valence-electron chi connectivity index (χ4n) is 3.68. The molecule has 1 saturated heterocycles. The second kappa shape index (κ2) is 7.44. The number of hydrogen-bond donors (Lipinski definition) is 1. The molecule has 2 N–H and O–H groups in total. The largest absolute Gasteiger partial charge is 0.490 e. The van der Waals surface area contributed by atoms with Crippen molar-refractivity contribution in [2.75, 3.05) is 13.1 Å². The lowest BCUT2D eigenvalue weighted by atomic mass is 10.1. The Morgan fingerprint density at radius 1 is 1.33 bits per heavy atom. The third-order valence-electron chi connectivity index (χ3n) is 4.98. The number of nitrogens with zero attached hydrogens (tertiary/aromatic N) is 3. The highest BCUT2D eigenvalue weighted by Crippen LogP contribution is 2.29. The van der Waals surface area contributed by atoms with Gasteiger partial charge in [0.1, 0.15) is 18.4 Å². The molecule has 3 heterocycles. The first-order valence-electron chi connectivity index (χ1n) is 9.26. The number of rotatable bonds is 6. The van der Waals surface area contributed by atoms with Gasteiger partial charge in [-0.15, -0.1) is 0 Å². The number of carbonyl (C=O) groups is 1. The Hall–Kier alpha value is -2.80. The fraction of sp³-hybridized carbons (Fsp3) is 0.400. The molecule has 1 amide bonds. The predicted octanol–water partition coefficient (Wildman–Crippen LogP) is 2.47. The van der Waals surface area contributed by atoms with Gasteiger partial charge >= 0.3 is 0 Å². The highest BCUT2D eigenvalue weighted by atomic mass is 16.5. The first-order valence-corrected chi connectivity index (χ1v) is 9.26. The number of hydrogen-bond acceptors (Lipinski definition) is 5. The maximum absolute atomic E-state index is 11.2. The molecular formula is C20H24N4O3. The minimum absolute atomic E-state index is 0.173. The van der Waals surface area contributed by atoms with Crippen LogP contribution in [0.15, 0.2) is 41.1 Å². The Balaban J connectivity index is 1.39. The summed E-state index contributed by atoms with van der Waals surface area (Å²) in [5.74, 6) is 1.42. The average Bonchev–Trinajstić information content (AvgIpc) is 3.23. The van der Waals surface area contributed by atoms with Crippen molar-refractivity contribution in [3.63, 3.8) is 0 Å². The molecule has 0 atom stereocenters. The summed E-state index contributed by atoms with van der Waals surface area (Å²) < 4.78 is 13.5. The number of ether oxygens (including phenoxy) is 1. The van der Waals surface area contributed by atoms with Gasteiger partial charge in [0.2, 0.25) is 5.91 Å². The van der Waals surface area contributed by atoms with Gasteiger partial charge < -0.3 is 19.6 Å². The van der Waals surface area contributed by atoms with Crippen LogP contribution >= 0.6 is 0 Å². The highest BCUT2D eigenvalue weighted by Gasteiger charge is 2.22. The van der Waals surface area contributed by atoms with Gasteiger partial charge in [-0.2, -0.15) is 0 Å². The average molecular weight is 368 g/mol. The van der Waals surface area contributed by atoms with Crippen LogP contribution in [0, 0.1) is 6.92 Å². The normalized spacial score (nSPS) is 16.0. The number of aryl methyl sites for hydroxylation is 1. The van der Waals surface area contributed by atoms with E-state index in [-0.39, 0.29) is 18.6 Å². The van der Waals surface area contributed by atoms with Crippen molar-refractivity contribution in [2.45, 2.75) is 39.0 Å². The summed E-state index contributed by atoms with van der Waals surface area (Å²) in [6, 6.07) is 9.89. The van der Waals surface area contributed by atoms with Crippen LogP contribution in [0.5, 0.6) is 5.75 Å². The molecule has 142 valence electrons.